The lowest BCUT2D eigenvalue weighted by Gasteiger charge is -2.21. The van der Waals surface area contributed by atoms with Crippen LogP contribution in [0.5, 0.6) is 0 Å². The predicted molar refractivity (Wildman–Crippen MR) is 79.1 cm³/mol. The van der Waals surface area contributed by atoms with Gasteiger partial charge in [0.25, 0.3) is 0 Å². The Morgan fingerprint density at radius 2 is 1.80 bits per heavy atom. The summed E-state index contributed by atoms with van der Waals surface area (Å²) in [5, 5.41) is 5.64. The monoisotopic (exact) mass is 299 g/mol. The molecule has 1 amide bonds. The fourth-order valence-electron chi connectivity index (χ4n) is 1.59. The molecule has 0 spiro atoms. The number of rotatable bonds is 5. The quantitative estimate of drug-likeness (QED) is 0.754. The predicted octanol–water partition coefficient (Wildman–Crippen LogP) is 0.921. The van der Waals surface area contributed by atoms with Crippen LogP contribution in [0.3, 0.4) is 0 Å². The zero-order valence-corrected chi connectivity index (χ0v) is 13.0. The van der Waals surface area contributed by atoms with E-state index in [0.29, 0.717) is 5.69 Å². The van der Waals surface area contributed by atoms with Crippen LogP contribution in [0, 0.1) is 0 Å². The maximum atomic E-state index is 11.8. The molecule has 112 valence electrons. The van der Waals surface area contributed by atoms with Gasteiger partial charge in [-0.2, -0.15) is 0 Å². The minimum atomic E-state index is -3.56. The van der Waals surface area contributed by atoms with Crippen LogP contribution in [0.15, 0.2) is 29.2 Å². The standard InChI is InChI=1S/C13H21N3O3S/c1-13(2,3)16-12(17)9-15-10-7-5-6-8-11(10)20(18,19)14-4/h5-8,14-15H,9H2,1-4H3,(H,16,17). The van der Waals surface area contributed by atoms with Gasteiger partial charge < -0.3 is 10.6 Å². The van der Waals surface area contributed by atoms with Crippen molar-refractivity contribution in [3.63, 3.8) is 0 Å². The molecule has 1 aromatic carbocycles. The van der Waals surface area contributed by atoms with E-state index in [1.54, 1.807) is 18.2 Å². The van der Waals surface area contributed by atoms with Crippen molar-refractivity contribution < 1.29 is 13.2 Å². The Labute approximate surface area is 120 Å². The first-order valence-corrected chi connectivity index (χ1v) is 7.71. The van der Waals surface area contributed by atoms with E-state index in [1.165, 1.54) is 13.1 Å². The fourth-order valence-corrected chi connectivity index (χ4v) is 2.50. The summed E-state index contributed by atoms with van der Waals surface area (Å²) in [6.07, 6.45) is 0. The summed E-state index contributed by atoms with van der Waals surface area (Å²) in [5.74, 6) is -0.200. The normalized spacial score (nSPS) is 12.0. The van der Waals surface area contributed by atoms with Gasteiger partial charge in [-0.25, -0.2) is 13.1 Å². The molecule has 0 aromatic heterocycles. The van der Waals surface area contributed by atoms with Crippen LogP contribution in [0.2, 0.25) is 0 Å². The van der Waals surface area contributed by atoms with Crippen LogP contribution in [-0.4, -0.2) is 33.5 Å². The third-order valence-electron chi connectivity index (χ3n) is 2.40. The maximum absolute atomic E-state index is 11.8. The summed E-state index contributed by atoms with van der Waals surface area (Å²) in [6.45, 7) is 5.65. The Morgan fingerprint density at radius 1 is 1.20 bits per heavy atom. The van der Waals surface area contributed by atoms with Crippen molar-refractivity contribution in [2.24, 2.45) is 0 Å². The van der Waals surface area contributed by atoms with Crippen LogP contribution in [-0.2, 0) is 14.8 Å². The largest absolute Gasteiger partial charge is 0.375 e. The number of hydrogen-bond donors (Lipinski definition) is 3. The second-order valence-electron chi connectivity index (χ2n) is 5.36. The lowest BCUT2D eigenvalue weighted by atomic mass is 10.1. The highest BCUT2D eigenvalue weighted by Crippen LogP contribution is 2.19. The molecule has 1 rings (SSSR count). The number of carbonyl (C=O) groups is 1. The van der Waals surface area contributed by atoms with E-state index in [-0.39, 0.29) is 22.9 Å². The van der Waals surface area contributed by atoms with Gasteiger partial charge in [0.2, 0.25) is 15.9 Å². The van der Waals surface area contributed by atoms with E-state index >= 15 is 0 Å². The van der Waals surface area contributed by atoms with Crippen molar-refractivity contribution in [2.75, 3.05) is 18.9 Å². The van der Waals surface area contributed by atoms with Gasteiger partial charge in [-0.05, 0) is 40.0 Å². The highest BCUT2D eigenvalue weighted by atomic mass is 32.2. The molecule has 0 bridgehead atoms. The van der Waals surface area contributed by atoms with Crippen LogP contribution < -0.4 is 15.4 Å². The third-order valence-corrected chi connectivity index (χ3v) is 3.87. The number of nitrogens with one attached hydrogen (secondary N) is 3. The smallest absolute Gasteiger partial charge is 0.242 e. The van der Waals surface area contributed by atoms with E-state index in [0.717, 1.165) is 0 Å². The number of amides is 1. The Morgan fingerprint density at radius 3 is 2.35 bits per heavy atom. The first kappa shape index (κ1) is 16.5. The van der Waals surface area contributed by atoms with Gasteiger partial charge in [0.1, 0.15) is 4.90 Å². The highest BCUT2D eigenvalue weighted by Gasteiger charge is 2.17. The minimum Gasteiger partial charge on any atom is -0.375 e. The number of para-hydroxylation sites is 1. The molecule has 0 fully saturated rings. The Bertz CT molecular complexity index is 577. The van der Waals surface area contributed by atoms with Crippen molar-refractivity contribution in [3.05, 3.63) is 24.3 Å². The first-order valence-electron chi connectivity index (χ1n) is 6.23. The molecule has 0 atom stereocenters. The van der Waals surface area contributed by atoms with E-state index in [2.05, 4.69) is 15.4 Å². The fraction of sp³-hybridized carbons (Fsp3) is 0.462. The molecule has 0 aliphatic carbocycles. The summed E-state index contributed by atoms with van der Waals surface area (Å²) in [5.41, 5.74) is 0.0703. The SMILES string of the molecule is CNS(=O)(=O)c1ccccc1NCC(=O)NC(C)(C)C. The van der Waals surface area contributed by atoms with Gasteiger partial charge in [-0.15, -0.1) is 0 Å². The highest BCUT2D eigenvalue weighted by molar-refractivity contribution is 7.89. The third kappa shape index (κ3) is 4.82. The van der Waals surface area contributed by atoms with Gasteiger partial charge in [-0.1, -0.05) is 12.1 Å². The molecule has 20 heavy (non-hydrogen) atoms. The van der Waals surface area contributed by atoms with Gasteiger partial charge >= 0.3 is 0 Å². The molecule has 0 saturated heterocycles. The average Bonchev–Trinajstić information content (AvgIpc) is 2.34. The number of hydrogen-bond acceptors (Lipinski definition) is 4. The van der Waals surface area contributed by atoms with E-state index in [4.69, 9.17) is 0 Å². The first-order chi connectivity index (χ1) is 9.15. The van der Waals surface area contributed by atoms with Crippen molar-refractivity contribution >= 4 is 21.6 Å². The summed E-state index contributed by atoms with van der Waals surface area (Å²) in [7, 11) is -2.21. The van der Waals surface area contributed by atoms with Crippen molar-refractivity contribution in [2.45, 2.75) is 31.2 Å². The minimum absolute atomic E-state index is 0.00746. The maximum Gasteiger partial charge on any atom is 0.242 e. The summed E-state index contributed by atoms with van der Waals surface area (Å²) in [6, 6.07) is 6.44. The van der Waals surface area contributed by atoms with Crippen LogP contribution in [0.25, 0.3) is 0 Å². The van der Waals surface area contributed by atoms with E-state index < -0.39 is 10.0 Å². The van der Waals surface area contributed by atoms with Crippen LogP contribution in [0.4, 0.5) is 5.69 Å². The zero-order chi connectivity index (χ0) is 15.4. The molecule has 0 aliphatic heterocycles. The summed E-state index contributed by atoms with van der Waals surface area (Å²) in [4.78, 5) is 11.8. The molecular formula is C13H21N3O3S. The molecule has 6 nitrogen and oxygen atoms in total. The Hall–Kier alpha value is -1.60. The summed E-state index contributed by atoms with van der Waals surface area (Å²) >= 11 is 0. The lowest BCUT2D eigenvalue weighted by Crippen LogP contribution is -2.43. The van der Waals surface area contributed by atoms with Gasteiger partial charge in [-0.3, -0.25) is 4.79 Å². The number of benzene rings is 1. The molecule has 0 heterocycles. The second-order valence-corrected chi connectivity index (χ2v) is 7.21. The molecule has 7 heteroatoms. The average molecular weight is 299 g/mol. The Balaban J connectivity index is 2.82. The number of carbonyl (C=O) groups excluding carboxylic acids is 1. The second kappa shape index (κ2) is 6.23. The van der Waals surface area contributed by atoms with Gasteiger partial charge in [0, 0.05) is 5.54 Å². The molecule has 1 aromatic rings. The molecule has 0 aliphatic rings. The lowest BCUT2D eigenvalue weighted by molar-refractivity contribution is -0.120. The zero-order valence-electron chi connectivity index (χ0n) is 12.1. The van der Waals surface area contributed by atoms with Crippen molar-refractivity contribution in [3.8, 4) is 0 Å². The number of anilines is 1. The van der Waals surface area contributed by atoms with Crippen molar-refractivity contribution in [1.29, 1.82) is 0 Å². The topological polar surface area (TPSA) is 87.3 Å². The van der Waals surface area contributed by atoms with Crippen molar-refractivity contribution in [1.82, 2.24) is 10.0 Å². The van der Waals surface area contributed by atoms with Gasteiger partial charge in [0.15, 0.2) is 0 Å². The van der Waals surface area contributed by atoms with E-state index in [9.17, 15) is 13.2 Å². The van der Waals surface area contributed by atoms with Gasteiger partial charge in [0.05, 0.1) is 12.2 Å². The molecular weight excluding hydrogens is 278 g/mol. The van der Waals surface area contributed by atoms with Crippen LogP contribution >= 0.6 is 0 Å². The molecule has 0 radical (unpaired) electrons. The molecule has 0 unspecified atom stereocenters. The van der Waals surface area contributed by atoms with E-state index in [1.807, 2.05) is 20.8 Å². The summed E-state index contributed by atoms with van der Waals surface area (Å²) < 4.78 is 25.9. The Kier molecular flexibility index (Phi) is 5.13. The molecule has 3 N–H and O–H groups in total. The van der Waals surface area contributed by atoms with Crippen LogP contribution in [0.1, 0.15) is 20.8 Å². The number of sulfonamides is 1. The molecule has 0 saturated carbocycles.